The lowest BCUT2D eigenvalue weighted by atomic mass is 10.2. The molecular weight excluding hydrogens is 246 g/mol. The summed E-state index contributed by atoms with van der Waals surface area (Å²) in [5.41, 5.74) is 7.75. The monoisotopic (exact) mass is 261 g/mol. The minimum atomic E-state index is -0.177. The van der Waals surface area contributed by atoms with Gasteiger partial charge in [0.25, 0.3) is 5.91 Å². The highest BCUT2D eigenvalue weighted by atomic mass is 32.1. The summed E-state index contributed by atoms with van der Waals surface area (Å²) in [4.78, 5) is 16.2. The minimum absolute atomic E-state index is 0.177. The maximum atomic E-state index is 12.0. The molecule has 0 fully saturated rings. The number of hydrogen-bond acceptors (Lipinski definition) is 4. The Balaban J connectivity index is 2.10. The van der Waals surface area contributed by atoms with E-state index in [1.807, 2.05) is 31.2 Å². The number of anilines is 1. The van der Waals surface area contributed by atoms with E-state index in [4.69, 9.17) is 5.73 Å². The van der Waals surface area contributed by atoms with E-state index < -0.39 is 0 Å². The Kier molecular flexibility index (Phi) is 4.07. The molecule has 2 aromatic rings. The highest BCUT2D eigenvalue weighted by Crippen LogP contribution is 2.16. The molecule has 4 nitrogen and oxygen atoms in total. The molecule has 0 aliphatic rings. The number of amides is 1. The predicted octanol–water partition coefficient (Wildman–Crippen LogP) is 2.21. The third-order valence-electron chi connectivity index (χ3n) is 2.54. The van der Waals surface area contributed by atoms with Crippen molar-refractivity contribution in [2.24, 2.45) is 5.73 Å². The van der Waals surface area contributed by atoms with Gasteiger partial charge in [0, 0.05) is 17.5 Å². The number of aryl methyl sites for hydroxylation is 1. The Morgan fingerprint density at radius 1 is 1.44 bits per heavy atom. The Hall–Kier alpha value is -1.72. The van der Waals surface area contributed by atoms with E-state index in [0.717, 1.165) is 16.3 Å². The van der Waals surface area contributed by atoms with Gasteiger partial charge < -0.3 is 11.1 Å². The zero-order chi connectivity index (χ0) is 13.0. The van der Waals surface area contributed by atoms with E-state index in [0.29, 0.717) is 18.7 Å². The van der Waals surface area contributed by atoms with Gasteiger partial charge in [-0.05, 0) is 25.1 Å². The number of para-hydroxylation sites is 1. The zero-order valence-corrected chi connectivity index (χ0v) is 11.0. The molecule has 1 heterocycles. The van der Waals surface area contributed by atoms with Crippen LogP contribution in [0.5, 0.6) is 0 Å². The fraction of sp³-hybridized carbons (Fsp3) is 0.231. The molecule has 18 heavy (non-hydrogen) atoms. The number of carbonyl (C=O) groups excluding carboxylic acids is 1. The number of nitrogens with one attached hydrogen (secondary N) is 1. The maximum absolute atomic E-state index is 12.0. The van der Waals surface area contributed by atoms with Gasteiger partial charge in [-0.2, -0.15) is 0 Å². The van der Waals surface area contributed by atoms with Crippen LogP contribution >= 0.6 is 11.3 Å². The fourth-order valence-corrected chi connectivity index (χ4v) is 2.35. The van der Waals surface area contributed by atoms with Crippen LogP contribution in [0.1, 0.15) is 21.1 Å². The molecule has 1 aromatic carbocycles. The number of carbonyl (C=O) groups is 1. The molecule has 0 radical (unpaired) electrons. The second-order valence-corrected chi connectivity index (χ2v) is 4.88. The molecule has 0 unspecified atom stereocenters. The van der Waals surface area contributed by atoms with Crippen molar-refractivity contribution in [3.63, 3.8) is 0 Å². The van der Waals surface area contributed by atoms with Gasteiger partial charge in [0.15, 0.2) is 0 Å². The van der Waals surface area contributed by atoms with E-state index in [1.54, 1.807) is 5.38 Å². The molecule has 1 amide bonds. The van der Waals surface area contributed by atoms with Gasteiger partial charge >= 0.3 is 0 Å². The zero-order valence-electron chi connectivity index (χ0n) is 10.1. The van der Waals surface area contributed by atoms with Gasteiger partial charge in [-0.1, -0.05) is 18.2 Å². The summed E-state index contributed by atoms with van der Waals surface area (Å²) in [6.45, 7) is 2.50. The largest absolute Gasteiger partial charge is 0.330 e. The topological polar surface area (TPSA) is 68.0 Å². The van der Waals surface area contributed by atoms with Gasteiger partial charge in [0.05, 0.1) is 5.01 Å². The molecule has 3 N–H and O–H groups in total. The highest BCUT2D eigenvalue weighted by Gasteiger charge is 2.11. The lowest BCUT2D eigenvalue weighted by Crippen LogP contribution is -2.13. The molecule has 0 aliphatic heterocycles. The smallest absolute Gasteiger partial charge is 0.275 e. The molecule has 0 aliphatic carbocycles. The van der Waals surface area contributed by atoms with Crippen LogP contribution in [0.4, 0.5) is 5.69 Å². The highest BCUT2D eigenvalue weighted by molar-refractivity contribution is 7.09. The molecule has 2 rings (SSSR count). The third kappa shape index (κ3) is 2.94. The van der Waals surface area contributed by atoms with Crippen LogP contribution in [-0.4, -0.2) is 17.4 Å². The molecule has 0 bridgehead atoms. The van der Waals surface area contributed by atoms with Crippen LogP contribution in [0.2, 0.25) is 0 Å². The van der Waals surface area contributed by atoms with E-state index in [2.05, 4.69) is 10.3 Å². The maximum Gasteiger partial charge on any atom is 0.275 e. The first-order valence-electron chi connectivity index (χ1n) is 5.72. The summed E-state index contributed by atoms with van der Waals surface area (Å²) in [5.74, 6) is -0.177. The number of benzene rings is 1. The number of thiazole rings is 1. The van der Waals surface area contributed by atoms with Crippen molar-refractivity contribution in [2.75, 3.05) is 11.9 Å². The van der Waals surface area contributed by atoms with Crippen LogP contribution in [-0.2, 0) is 6.42 Å². The molecule has 0 spiro atoms. The number of rotatable bonds is 4. The standard InChI is InChI=1S/C13H15N3OS/c1-9-4-2-3-5-10(9)16-13(17)11-8-18-12(15-11)6-7-14/h2-5,8H,6-7,14H2,1H3,(H,16,17). The minimum Gasteiger partial charge on any atom is -0.330 e. The second kappa shape index (κ2) is 5.75. The Labute approximate surface area is 110 Å². The quantitative estimate of drug-likeness (QED) is 0.886. The molecule has 0 atom stereocenters. The van der Waals surface area contributed by atoms with Crippen molar-refractivity contribution >= 4 is 22.9 Å². The Morgan fingerprint density at radius 3 is 2.94 bits per heavy atom. The van der Waals surface area contributed by atoms with E-state index in [9.17, 15) is 4.79 Å². The van der Waals surface area contributed by atoms with Crippen molar-refractivity contribution in [3.8, 4) is 0 Å². The van der Waals surface area contributed by atoms with Crippen molar-refractivity contribution in [1.29, 1.82) is 0 Å². The first kappa shape index (κ1) is 12.7. The second-order valence-electron chi connectivity index (χ2n) is 3.93. The number of hydrogen-bond donors (Lipinski definition) is 2. The van der Waals surface area contributed by atoms with Crippen LogP contribution < -0.4 is 11.1 Å². The van der Waals surface area contributed by atoms with E-state index in [-0.39, 0.29) is 5.91 Å². The van der Waals surface area contributed by atoms with Crippen molar-refractivity contribution in [2.45, 2.75) is 13.3 Å². The number of nitrogens with two attached hydrogens (primary N) is 1. The van der Waals surface area contributed by atoms with Crippen LogP contribution in [0, 0.1) is 6.92 Å². The van der Waals surface area contributed by atoms with Gasteiger partial charge in [-0.3, -0.25) is 4.79 Å². The van der Waals surface area contributed by atoms with Crippen molar-refractivity contribution in [1.82, 2.24) is 4.98 Å². The SMILES string of the molecule is Cc1ccccc1NC(=O)c1csc(CCN)n1. The average Bonchev–Trinajstić information content (AvgIpc) is 2.81. The van der Waals surface area contributed by atoms with Crippen molar-refractivity contribution < 1.29 is 4.79 Å². The van der Waals surface area contributed by atoms with Gasteiger partial charge in [-0.25, -0.2) is 4.98 Å². The van der Waals surface area contributed by atoms with Crippen molar-refractivity contribution in [3.05, 3.63) is 45.9 Å². The normalized spacial score (nSPS) is 10.3. The summed E-state index contributed by atoms with van der Waals surface area (Å²) >= 11 is 1.47. The summed E-state index contributed by atoms with van der Waals surface area (Å²) in [5, 5.41) is 5.51. The van der Waals surface area contributed by atoms with E-state index >= 15 is 0 Å². The van der Waals surface area contributed by atoms with Gasteiger partial charge in [0.1, 0.15) is 5.69 Å². The first-order valence-corrected chi connectivity index (χ1v) is 6.60. The third-order valence-corrected chi connectivity index (χ3v) is 3.44. The first-order chi connectivity index (χ1) is 8.70. The number of nitrogens with zero attached hydrogens (tertiary/aromatic N) is 1. The summed E-state index contributed by atoms with van der Waals surface area (Å²) in [6, 6.07) is 7.66. The van der Waals surface area contributed by atoms with Crippen LogP contribution in [0.15, 0.2) is 29.6 Å². The number of aromatic nitrogens is 1. The van der Waals surface area contributed by atoms with E-state index in [1.165, 1.54) is 11.3 Å². The molecule has 0 saturated carbocycles. The lowest BCUT2D eigenvalue weighted by Gasteiger charge is -2.05. The fourth-order valence-electron chi connectivity index (χ4n) is 1.55. The molecule has 5 heteroatoms. The average molecular weight is 261 g/mol. The van der Waals surface area contributed by atoms with Gasteiger partial charge in [-0.15, -0.1) is 11.3 Å². The predicted molar refractivity (Wildman–Crippen MR) is 74.0 cm³/mol. The molecule has 94 valence electrons. The van der Waals surface area contributed by atoms with Gasteiger partial charge in [0.2, 0.25) is 0 Å². The molecular formula is C13H15N3OS. The summed E-state index contributed by atoms with van der Waals surface area (Å²) < 4.78 is 0. The molecule has 0 saturated heterocycles. The Bertz CT molecular complexity index is 551. The Morgan fingerprint density at radius 2 is 2.22 bits per heavy atom. The van der Waals surface area contributed by atoms with Crippen LogP contribution in [0.3, 0.4) is 0 Å². The molecule has 1 aromatic heterocycles. The lowest BCUT2D eigenvalue weighted by molar-refractivity contribution is 0.102. The summed E-state index contributed by atoms with van der Waals surface area (Å²) in [7, 11) is 0. The van der Waals surface area contributed by atoms with Crippen LogP contribution in [0.25, 0.3) is 0 Å². The summed E-state index contributed by atoms with van der Waals surface area (Å²) in [6.07, 6.45) is 0.711.